The highest BCUT2D eigenvalue weighted by atomic mass is 32.1. The lowest BCUT2D eigenvalue weighted by molar-refractivity contribution is -0.116. The van der Waals surface area contributed by atoms with E-state index in [4.69, 9.17) is 18.8 Å². The van der Waals surface area contributed by atoms with Gasteiger partial charge in [0, 0.05) is 34.0 Å². The summed E-state index contributed by atoms with van der Waals surface area (Å²) in [4.78, 5) is 14.7. The molecule has 0 bridgehead atoms. The highest BCUT2D eigenvalue weighted by molar-refractivity contribution is 7.10. The summed E-state index contributed by atoms with van der Waals surface area (Å²) < 4.78 is 21.6. The van der Waals surface area contributed by atoms with Crippen molar-refractivity contribution in [2.75, 3.05) is 32.0 Å². The van der Waals surface area contributed by atoms with E-state index in [-0.39, 0.29) is 11.7 Å². The lowest BCUT2D eigenvalue weighted by Gasteiger charge is -2.30. The molecule has 0 amide bonds. The van der Waals surface area contributed by atoms with Crippen LogP contribution in [0.5, 0.6) is 17.2 Å². The van der Waals surface area contributed by atoms with Gasteiger partial charge in [0.15, 0.2) is 17.3 Å². The Morgan fingerprint density at radius 3 is 2.56 bits per heavy atom. The first-order valence-corrected chi connectivity index (χ1v) is 11.0. The summed E-state index contributed by atoms with van der Waals surface area (Å²) in [7, 11) is 4.67. The molecule has 3 heterocycles. The zero-order valence-electron chi connectivity index (χ0n) is 17.8. The topological polar surface area (TPSA) is 108 Å². The fraction of sp³-hybridized carbons (Fsp3) is 0.318. The summed E-state index contributed by atoms with van der Waals surface area (Å²) in [5.41, 5.74) is 2.14. The summed E-state index contributed by atoms with van der Waals surface area (Å²) >= 11 is 1.66. The van der Waals surface area contributed by atoms with Gasteiger partial charge in [-0.25, -0.2) is 4.63 Å². The fourth-order valence-corrected chi connectivity index (χ4v) is 5.24. The maximum absolute atomic E-state index is 13.5. The van der Waals surface area contributed by atoms with Crippen molar-refractivity contribution in [2.45, 2.75) is 24.8 Å². The number of allylic oxidation sites excluding steroid dienone is 1. The Kier molecular flexibility index (Phi) is 5.22. The first-order chi connectivity index (χ1) is 15.6. The summed E-state index contributed by atoms with van der Waals surface area (Å²) in [6.45, 7) is 0. The van der Waals surface area contributed by atoms with E-state index in [0.29, 0.717) is 47.3 Å². The van der Waals surface area contributed by atoms with Crippen LogP contribution in [-0.2, 0) is 4.79 Å². The van der Waals surface area contributed by atoms with Gasteiger partial charge in [0.1, 0.15) is 0 Å². The number of carbonyl (C=O) groups excluding carboxylic acids is 1. The zero-order valence-corrected chi connectivity index (χ0v) is 18.6. The number of fused-ring (bicyclic) bond motifs is 1. The zero-order chi connectivity index (χ0) is 22.2. The van der Waals surface area contributed by atoms with Crippen molar-refractivity contribution in [3.05, 3.63) is 51.4 Å². The lowest BCUT2D eigenvalue weighted by atomic mass is 9.80. The van der Waals surface area contributed by atoms with Crippen LogP contribution in [0, 0.1) is 0 Å². The molecule has 0 unspecified atom stereocenters. The minimum Gasteiger partial charge on any atom is -0.493 e. The summed E-state index contributed by atoms with van der Waals surface area (Å²) in [6, 6.07) is 7.19. The largest absolute Gasteiger partial charge is 0.493 e. The molecule has 0 spiro atoms. The Hall–Kier alpha value is -3.53. The van der Waals surface area contributed by atoms with Crippen molar-refractivity contribution in [1.82, 2.24) is 10.3 Å². The average molecular weight is 455 g/mol. The van der Waals surface area contributed by atoms with Gasteiger partial charge in [-0.3, -0.25) is 4.79 Å². The van der Waals surface area contributed by atoms with Crippen LogP contribution in [-0.4, -0.2) is 37.4 Å². The Balaban J connectivity index is 1.66. The number of rotatable bonds is 5. The average Bonchev–Trinajstić information content (AvgIpc) is 3.47. The molecule has 1 aliphatic carbocycles. The number of hydrogen-bond acceptors (Lipinski definition) is 10. The Morgan fingerprint density at radius 2 is 1.84 bits per heavy atom. The second-order valence-electron chi connectivity index (χ2n) is 7.52. The third-order valence-electron chi connectivity index (χ3n) is 5.83. The molecule has 3 aromatic rings. The Labute approximate surface area is 188 Å². The van der Waals surface area contributed by atoms with Gasteiger partial charge >= 0.3 is 0 Å². The van der Waals surface area contributed by atoms with Crippen molar-refractivity contribution in [1.29, 1.82) is 0 Å². The van der Waals surface area contributed by atoms with E-state index in [1.165, 1.54) is 4.88 Å². The molecule has 9 nitrogen and oxygen atoms in total. The third-order valence-corrected chi connectivity index (χ3v) is 6.86. The standard InChI is InChI=1S/C22H22N4O5S/c1-28-15-7-6-12(19(29-2)20(15)30-3)18-17-13(23-21-22(24-18)26-31-25-21)9-11(10-14(17)27)16-5-4-8-32-16/h4-8,11,18H,9-10H2,1-3H3,(H,23,25)(H,24,26)/t11-,18+/m0/s1. The quantitative estimate of drug-likeness (QED) is 0.588. The van der Waals surface area contributed by atoms with Gasteiger partial charge in [-0.15, -0.1) is 11.3 Å². The van der Waals surface area contributed by atoms with Crippen LogP contribution in [0.15, 0.2) is 45.5 Å². The molecule has 10 heteroatoms. The molecule has 2 aromatic heterocycles. The van der Waals surface area contributed by atoms with Crippen LogP contribution in [0.3, 0.4) is 0 Å². The number of nitrogens with one attached hydrogen (secondary N) is 2. The van der Waals surface area contributed by atoms with Crippen LogP contribution in [0.1, 0.15) is 35.2 Å². The predicted molar refractivity (Wildman–Crippen MR) is 119 cm³/mol. The summed E-state index contributed by atoms with van der Waals surface area (Å²) in [5, 5.41) is 16.6. The molecule has 5 rings (SSSR count). The van der Waals surface area contributed by atoms with Gasteiger partial charge in [0.25, 0.3) is 0 Å². The molecule has 2 atom stereocenters. The van der Waals surface area contributed by atoms with Crippen LogP contribution in [0.25, 0.3) is 0 Å². The Morgan fingerprint density at radius 1 is 1.03 bits per heavy atom. The second kappa shape index (κ2) is 8.19. The molecule has 1 aromatic carbocycles. The predicted octanol–water partition coefficient (Wildman–Crippen LogP) is 4.14. The van der Waals surface area contributed by atoms with Gasteiger partial charge in [-0.05, 0) is 40.3 Å². The lowest BCUT2D eigenvalue weighted by Crippen LogP contribution is -2.27. The van der Waals surface area contributed by atoms with Gasteiger partial charge < -0.3 is 24.8 Å². The van der Waals surface area contributed by atoms with E-state index in [1.807, 2.05) is 17.5 Å². The first-order valence-electron chi connectivity index (χ1n) is 10.1. The first kappa shape index (κ1) is 20.4. The molecular weight excluding hydrogens is 432 g/mol. The minimum atomic E-state index is -0.544. The normalized spacial score (nSPS) is 19.9. The van der Waals surface area contributed by atoms with Crippen LogP contribution < -0.4 is 24.8 Å². The number of nitrogens with zero attached hydrogens (tertiary/aromatic N) is 2. The van der Waals surface area contributed by atoms with Crippen molar-refractivity contribution >= 4 is 28.8 Å². The maximum atomic E-state index is 13.5. The number of hydrogen-bond donors (Lipinski definition) is 2. The highest BCUT2D eigenvalue weighted by Crippen LogP contribution is 2.49. The molecule has 1 aliphatic heterocycles. The van der Waals surface area contributed by atoms with E-state index in [2.05, 4.69) is 27.0 Å². The van der Waals surface area contributed by atoms with Crippen molar-refractivity contribution < 1.29 is 23.6 Å². The molecule has 32 heavy (non-hydrogen) atoms. The van der Waals surface area contributed by atoms with Crippen LogP contribution in [0.2, 0.25) is 0 Å². The van der Waals surface area contributed by atoms with Gasteiger partial charge in [0.2, 0.25) is 17.4 Å². The molecule has 2 aliphatic rings. The molecular formula is C22H22N4O5S. The number of carbonyl (C=O) groups is 1. The Bertz CT molecular complexity index is 1190. The van der Waals surface area contributed by atoms with E-state index in [9.17, 15) is 4.79 Å². The number of methoxy groups -OCH3 is 3. The number of thiophene rings is 1. The summed E-state index contributed by atoms with van der Waals surface area (Å²) in [5.74, 6) is 2.47. The van der Waals surface area contributed by atoms with E-state index < -0.39 is 6.04 Å². The van der Waals surface area contributed by atoms with Gasteiger partial charge in [0.05, 0.1) is 27.4 Å². The number of anilines is 2. The number of Topliss-reactive ketones (excluding diaryl/α,β-unsaturated/α-hetero) is 1. The molecule has 2 N–H and O–H groups in total. The van der Waals surface area contributed by atoms with Crippen molar-refractivity contribution in [2.24, 2.45) is 0 Å². The van der Waals surface area contributed by atoms with Gasteiger partial charge in [-0.1, -0.05) is 6.07 Å². The number of aromatic nitrogens is 2. The maximum Gasteiger partial charge on any atom is 0.219 e. The van der Waals surface area contributed by atoms with E-state index in [0.717, 1.165) is 11.3 Å². The second-order valence-corrected chi connectivity index (χ2v) is 8.50. The molecule has 0 fully saturated rings. The third kappa shape index (κ3) is 3.27. The van der Waals surface area contributed by atoms with Crippen LogP contribution >= 0.6 is 11.3 Å². The fourth-order valence-electron chi connectivity index (χ4n) is 4.41. The number of ketones is 1. The molecule has 166 valence electrons. The number of benzene rings is 1. The SMILES string of the molecule is COc1ccc([C@H]2Nc3nonc3NC3=C2C(=O)C[C@@H](c2cccs2)C3)c(OC)c1OC. The van der Waals surface area contributed by atoms with E-state index >= 15 is 0 Å². The van der Waals surface area contributed by atoms with Crippen molar-refractivity contribution in [3.63, 3.8) is 0 Å². The van der Waals surface area contributed by atoms with Crippen LogP contribution in [0.4, 0.5) is 11.6 Å². The smallest absolute Gasteiger partial charge is 0.219 e. The minimum absolute atomic E-state index is 0.0496. The van der Waals surface area contributed by atoms with Gasteiger partial charge in [-0.2, -0.15) is 0 Å². The molecule has 0 saturated heterocycles. The molecule has 0 radical (unpaired) electrons. The highest BCUT2D eigenvalue weighted by Gasteiger charge is 2.39. The van der Waals surface area contributed by atoms with E-state index in [1.54, 1.807) is 38.7 Å². The molecule has 0 saturated carbocycles. The monoisotopic (exact) mass is 454 g/mol. The van der Waals surface area contributed by atoms with Crippen molar-refractivity contribution in [3.8, 4) is 17.2 Å². The summed E-state index contributed by atoms with van der Waals surface area (Å²) in [6.07, 6.45) is 1.09. The number of ether oxygens (including phenoxy) is 3.